The summed E-state index contributed by atoms with van der Waals surface area (Å²) in [5, 5.41) is 0. The standard InChI is InChI=1S/C16H22N2O2/c1-20-16(19)12-7-8-15(13(17)10-12)18-9-3-5-11-4-2-6-14(11)18/h7-8,10-11,14H,2-6,9,17H2,1H3. The number of esters is 1. The normalized spacial score (nSPS) is 25.4. The molecule has 1 saturated heterocycles. The van der Waals surface area contributed by atoms with Crippen LogP contribution in [0.3, 0.4) is 0 Å². The number of nitrogen functional groups attached to an aromatic ring is 1. The van der Waals surface area contributed by atoms with Gasteiger partial charge in [-0.1, -0.05) is 6.42 Å². The first-order valence-electron chi connectivity index (χ1n) is 7.45. The fraction of sp³-hybridized carbons (Fsp3) is 0.562. The Morgan fingerprint density at radius 3 is 2.85 bits per heavy atom. The Hall–Kier alpha value is -1.71. The summed E-state index contributed by atoms with van der Waals surface area (Å²) in [6.07, 6.45) is 6.52. The first-order valence-corrected chi connectivity index (χ1v) is 7.45. The molecule has 4 nitrogen and oxygen atoms in total. The monoisotopic (exact) mass is 274 g/mol. The molecule has 1 saturated carbocycles. The highest BCUT2D eigenvalue weighted by atomic mass is 16.5. The lowest BCUT2D eigenvalue weighted by molar-refractivity contribution is 0.0601. The maximum Gasteiger partial charge on any atom is 0.337 e. The Bertz CT molecular complexity index is 515. The second-order valence-electron chi connectivity index (χ2n) is 5.86. The fourth-order valence-electron chi connectivity index (χ4n) is 3.81. The van der Waals surface area contributed by atoms with Crippen LogP contribution in [0.4, 0.5) is 11.4 Å². The van der Waals surface area contributed by atoms with E-state index in [0.29, 0.717) is 17.3 Å². The Balaban J connectivity index is 1.88. The number of anilines is 2. The molecule has 3 rings (SSSR count). The first-order chi connectivity index (χ1) is 9.70. The molecule has 0 aromatic heterocycles. The largest absolute Gasteiger partial charge is 0.465 e. The van der Waals surface area contributed by atoms with Gasteiger partial charge in [0.05, 0.1) is 24.0 Å². The lowest BCUT2D eigenvalue weighted by Gasteiger charge is -2.40. The lowest BCUT2D eigenvalue weighted by Crippen LogP contribution is -2.43. The van der Waals surface area contributed by atoms with E-state index in [9.17, 15) is 4.79 Å². The summed E-state index contributed by atoms with van der Waals surface area (Å²) in [7, 11) is 1.39. The molecular weight excluding hydrogens is 252 g/mol. The summed E-state index contributed by atoms with van der Waals surface area (Å²) in [6.45, 7) is 1.07. The molecule has 2 unspecified atom stereocenters. The third-order valence-electron chi connectivity index (χ3n) is 4.75. The van der Waals surface area contributed by atoms with Crippen LogP contribution in [0.5, 0.6) is 0 Å². The summed E-state index contributed by atoms with van der Waals surface area (Å²) < 4.78 is 4.74. The van der Waals surface area contributed by atoms with Crippen molar-refractivity contribution in [1.29, 1.82) is 0 Å². The molecule has 2 aliphatic rings. The second kappa shape index (κ2) is 5.35. The van der Waals surface area contributed by atoms with Crippen LogP contribution in [0.25, 0.3) is 0 Å². The molecule has 1 aromatic rings. The molecule has 0 amide bonds. The summed E-state index contributed by atoms with van der Waals surface area (Å²) >= 11 is 0. The highest BCUT2D eigenvalue weighted by Crippen LogP contribution is 2.40. The van der Waals surface area contributed by atoms with Gasteiger partial charge in [-0.3, -0.25) is 0 Å². The molecule has 2 fully saturated rings. The van der Waals surface area contributed by atoms with E-state index in [1.807, 2.05) is 12.1 Å². The van der Waals surface area contributed by atoms with Crippen molar-refractivity contribution in [3.63, 3.8) is 0 Å². The Labute approximate surface area is 119 Å². The van der Waals surface area contributed by atoms with E-state index in [-0.39, 0.29) is 5.97 Å². The molecule has 4 heteroatoms. The van der Waals surface area contributed by atoms with E-state index in [1.54, 1.807) is 6.07 Å². The molecule has 1 aromatic carbocycles. The molecule has 0 bridgehead atoms. The van der Waals surface area contributed by atoms with Crippen molar-refractivity contribution >= 4 is 17.3 Å². The van der Waals surface area contributed by atoms with Gasteiger partial charge in [0.1, 0.15) is 0 Å². The van der Waals surface area contributed by atoms with Crippen LogP contribution in [0, 0.1) is 5.92 Å². The molecule has 1 aliphatic heterocycles. The van der Waals surface area contributed by atoms with Gasteiger partial charge < -0.3 is 15.4 Å². The first kappa shape index (κ1) is 13.3. The number of carbonyl (C=O) groups excluding carboxylic acids is 1. The van der Waals surface area contributed by atoms with Crippen LogP contribution in [-0.4, -0.2) is 25.7 Å². The Morgan fingerprint density at radius 2 is 2.10 bits per heavy atom. The van der Waals surface area contributed by atoms with E-state index in [4.69, 9.17) is 10.5 Å². The number of rotatable bonds is 2. The number of nitrogens with zero attached hydrogens (tertiary/aromatic N) is 1. The summed E-state index contributed by atoms with van der Waals surface area (Å²) in [4.78, 5) is 14.0. The van der Waals surface area contributed by atoms with E-state index in [2.05, 4.69) is 4.90 Å². The van der Waals surface area contributed by atoms with Crippen LogP contribution in [-0.2, 0) is 4.74 Å². The van der Waals surface area contributed by atoms with Crippen molar-refractivity contribution in [1.82, 2.24) is 0 Å². The molecule has 20 heavy (non-hydrogen) atoms. The predicted molar refractivity (Wildman–Crippen MR) is 79.9 cm³/mol. The van der Waals surface area contributed by atoms with Gasteiger partial charge in [-0.2, -0.15) is 0 Å². The molecule has 2 N–H and O–H groups in total. The topological polar surface area (TPSA) is 55.6 Å². The fourth-order valence-corrected chi connectivity index (χ4v) is 3.81. The second-order valence-corrected chi connectivity index (χ2v) is 5.86. The average molecular weight is 274 g/mol. The summed E-state index contributed by atoms with van der Waals surface area (Å²) in [5.74, 6) is 0.490. The van der Waals surface area contributed by atoms with Gasteiger partial charge in [0.25, 0.3) is 0 Å². The highest BCUT2D eigenvalue weighted by Gasteiger charge is 2.35. The zero-order valence-corrected chi connectivity index (χ0v) is 12.0. The number of methoxy groups -OCH3 is 1. The van der Waals surface area contributed by atoms with Crippen molar-refractivity contribution in [2.45, 2.75) is 38.1 Å². The van der Waals surface area contributed by atoms with Crippen LogP contribution in [0.15, 0.2) is 18.2 Å². The Kier molecular flexibility index (Phi) is 3.55. The zero-order valence-electron chi connectivity index (χ0n) is 12.0. The van der Waals surface area contributed by atoms with Gasteiger partial charge in [0, 0.05) is 12.6 Å². The van der Waals surface area contributed by atoms with Crippen molar-refractivity contribution in [3.8, 4) is 0 Å². The molecule has 108 valence electrons. The quantitative estimate of drug-likeness (QED) is 0.665. The molecule has 0 spiro atoms. The van der Waals surface area contributed by atoms with Gasteiger partial charge >= 0.3 is 5.97 Å². The molecule has 1 heterocycles. The third kappa shape index (κ3) is 2.23. The minimum Gasteiger partial charge on any atom is -0.465 e. The number of piperidine rings is 1. The van der Waals surface area contributed by atoms with Crippen molar-refractivity contribution < 1.29 is 9.53 Å². The van der Waals surface area contributed by atoms with E-state index < -0.39 is 0 Å². The van der Waals surface area contributed by atoms with Gasteiger partial charge in [-0.15, -0.1) is 0 Å². The summed E-state index contributed by atoms with van der Waals surface area (Å²) in [6, 6.07) is 6.16. The average Bonchev–Trinajstić information content (AvgIpc) is 2.95. The van der Waals surface area contributed by atoms with Crippen LogP contribution < -0.4 is 10.6 Å². The molecule has 0 radical (unpaired) electrons. The number of hydrogen-bond acceptors (Lipinski definition) is 4. The van der Waals surface area contributed by atoms with Crippen LogP contribution >= 0.6 is 0 Å². The Morgan fingerprint density at radius 1 is 1.30 bits per heavy atom. The third-order valence-corrected chi connectivity index (χ3v) is 4.75. The minimum absolute atomic E-state index is 0.333. The van der Waals surface area contributed by atoms with Gasteiger partial charge in [-0.25, -0.2) is 4.79 Å². The number of fused-ring (bicyclic) bond motifs is 1. The molecule has 2 atom stereocenters. The van der Waals surface area contributed by atoms with E-state index >= 15 is 0 Å². The predicted octanol–water partition coefficient (Wildman–Crippen LogP) is 2.82. The van der Waals surface area contributed by atoms with Crippen LogP contribution in [0.1, 0.15) is 42.5 Å². The summed E-state index contributed by atoms with van der Waals surface area (Å²) in [5.41, 5.74) is 8.46. The number of nitrogens with two attached hydrogens (primary N) is 1. The maximum absolute atomic E-state index is 11.5. The van der Waals surface area contributed by atoms with Crippen molar-refractivity contribution in [3.05, 3.63) is 23.8 Å². The minimum atomic E-state index is -0.333. The van der Waals surface area contributed by atoms with Gasteiger partial charge in [0.2, 0.25) is 0 Å². The van der Waals surface area contributed by atoms with Crippen molar-refractivity contribution in [2.24, 2.45) is 5.92 Å². The molecule has 1 aliphatic carbocycles. The number of ether oxygens (including phenoxy) is 1. The molecular formula is C16H22N2O2. The van der Waals surface area contributed by atoms with Crippen molar-refractivity contribution in [2.75, 3.05) is 24.3 Å². The number of hydrogen-bond donors (Lipinski definition) is 1. The SMILES string of the molecule is COC(=O)c1ccc(N2CCCC3CCCC32)c(N)c1. The van der Waals surface area contributed by atoms with E-state index in [0.717, 1.165) is 18.2 Å². The number of benzene rings is 1. The van der Waals surface area contributed by atoms with Gasteiger partial charge in [0.15, 0.2) is 0 Å². The lowest BCUT2D eigenvalue weighted by atomic mass is 9.91. The smallest absolute Gasteiger partial charge is 0.337 e. The van der Waals surface area contributed by atoms with Gasteiger partial charge in [-0.05, 0) is 49.8 Å². The van der Waals surface area contributed by atoms with E-state index in [1.165, 1.54) is 39.2 Å². The highest BCUT2D eigenvalue weighted by molar-refractivity contribution is 5.92. The maximum atomic E-state index is 11.5. The zero-order chi connectivity index (χ0) is 14.1. The number of carbonyl (C=O) groups is 1. The van der Waals surface area contributed by atoms with Crippen LogP contribution in [0.2, 0.25) is 0 Å².